The molecule has 4 fully saturated rings. The van der Waals surface area contributed by atoms with E-state index in [0.717, 1.165) is 44.0 Å². The van der Waals surface area contributed by atoms with Crippen LogP contribution in [0.3, 0.4) is 0 Å². The van der Waals surface area contributed by atoms with E-state index >= 15 is 0 Å². The van der Waals surface area contributed by atoms with E-state index in [-0.39, 0.29) is 24.0 Å². The number of guanidine groups is 1. The summed E-state index contributed by atoms with van der Waals surface area (Å²) in [7, 11) is 0. The Kier molecular flexibility index (Phi) is 7.41. The number of nitrogens with zero attached hydrogens (tertiary/aromatic N) is 4. The van der Waals surface area contributed by atoms with E-state index in [9.17, 15) is 0 Å². The summed E-state index contributed by atoms with van der Waals surface area (Å²) in [5, 5.41) is 3.52. The monoisotopic (exact) mass is 435 g/mol. The van der Waals surface area contributed by atoms with Crippen LogP contribution < -0.4 is 5.32 Å². The summed E-state index contributed by atoms with van der Waals surface area (Å²) in [6.07, 6.45) is 1.35. The number of hydrogen-bond donors (Lipinski definition) is 1. The van der Waals surface area contributed by atoms with E-state index < -0.39 is 0 Å². The van der Waals surface area contributed by atoms with Crippen LogP contribution in [-0.2, 0) is 0 Å². The summed E-state index contributed by atoms with van der Waals surface area (Å²) in [5.74, 6) is 2.68. The summed E-state index contributed by atoms with van der Waals surface area (Å²) < 4.78 is 0. The average Bonchev–Trinajstić information content (AvgIpc) is 2.51. The first-order valence-electron chi connectivity index (χ1n) is 9.15. The zero-order valence-electron chi connectivity index (χ0n) is 15.0. The van der Waals surface area contributed by atoms with E-state index in [0.29, 0.717) is 6.04 Å². The van der Waals surface area contributed by atoms with Gasteiger partial charge in [-0.3, -0.25) is 14.8 Å². The van der Waals surface area contributed by atoms with E-state index in [2.05, 4.69) is 40.8 Å². The molecule has 3 atom stereocenters. The third kappa shape index (κ3) is 4.95. The summed E-state index contributed by atoms with van der Waals surface area (Å²) in [6.45, 7) is 17.3. The van der Waals surface area contributed by atoms with Gasteiger partial charge in [-0.15, -0.1) is 24.0 Å². The molecule has 134 valence electrons. The highest BCUT2D eigenvalue weighted by Gasteiger charge is 2.32. The second-order valence-corrected chi connectivity index (χ2v) is 7.54. The Morgan fingerprint density at radius 2 is 1.70 bits per heavy atom. The van der Waals surface area contributed by atoms with Crippen molar-refractivity contribution in [3.05, 3.63) is 0 Å². The van der Waals surface area contributed by atoms with Crippen molar-refractivity contribution in [2.45, 2.75) is 33.2 Å². The number of aliphatic imine (C=N–C) groups is 1. The second-order valence-electron chi connectivity index (χ2n) is 7.54. The lowest BCUT2D eigenvalue weighted by Gasteiger charge is -2.47. The van der Waals surface area contributed by atoms with Gasteiger partial charge >= 0.3 is 0 Å². The normalized spacial score (nSPS) is 37.4. The van der Waals surface area contributed by atoms with Crippen LogP contribution in [0.1, 0.15) is 27.2 Å². The van der Waals surface area contributed by atoms with Gasteiger partial charge in [0.2, 0.25) is 0 Å². The van der Waals surface area contributed by atoms with Gasteiger partial charge in [0, 0.05) is 58.4 Å². The van der Waals surface area contributed by atoms with Crippen LogP contribution in [-0.4, -0.2) is 85.6 Å². The number of piperidine rings is 1. The average molecular weight is 435 g/mol. The lowest BCUT2D eigenvalue weighted by Crippen LogP contribution is -2.62. The molecule has 4 rings (SSSR count). The fourth-order valence-corrected chi connectivity index (χ4v) is 4.35. The van der Waals surface area contributed by atoms with E-state index in [1.807, 2.05) is 0 Å². The molecular weight excluding hydrogens is 401 g/mol. The van der Waals surface area contributed by atoms with Crippen molar-refractivity contribution < 1.29 is 0 Å². The summed E-state index contributed by atoms with van der Waals surface area (Å²) in [6, 6.07) is 0.621. The number of piperazine rings is 3. The Bertz CT molecular complexity index is 384. The number of nitrogens with one attached hydrogen (secondary N) is 1. The molecule has 0 radical (unpaired) electrons. The first-order valence-corrected chi connectivity index (χ1v) is 9.15. The molecule has 4 saturated heterocycles. The van der Waals surface area contributed by atoms with Gasteiger partial charge in [-0.05, 0) is 25.2 Å². The fraction of sp³-hybridized carbons (Fsp3) is 0.941. The molecule has 0 aliphatic carbocycles. The number of rotatable bonds is 3. The van der Waals surface area contributed by atoms with Crippen molar-refractivity contribution in [2.75, 3.05) is 58.9 Å². The SMILES string of the molecule is CCNC(=NCC1CN2CCN1CC2)N1CC(C)CC(C)C1.I. The molecule has 0 aromatic rings. The van der Waals surface area contributed by atoms with Crippen molar-refractivity contribution >= 4 is 29.9 Å². The number of likely N-dealkylation sites (tertiary alicyclic amines) is 1. The lowest BCUT2D eigenvalue weighted by molar-refractivity contribution is 0.0173. The van der Waals surface area contributed by atoms with Crippen molar-refractivity contribution in [3.63, 3.8) is 0 Å². The van der Waals surface area contributed by atoms with Crippen LogP contribution in [0, 0.1) is 11.8 Å². The third-order valence-corrected chi connectivity index (χ3v) is 5.35. The Labute approximate surface area is 158 Å². The minimum Gasteiger partial charge on any atom is -0.357 e. The zero-order valence-corrected chi connectivity index (χ0v) is 17.3. The van der Waals surface area contributed by atoms with Crippen LogP contribution in [0.5, 0.6) is 0 Å². The lowest BCUT2D eigenvalue weighted by atomic mass is 9.92. The predicted octanol–water partition coefficient (Wildman–Crippen LogP) is 1.55. The maximum atomic E-state index is 5.01. The summed E-state index contributed by atoms with van der Waals surface area (Å²) in [4.78, 5) is 12.7. The van der Waals surface area contributed by atoms with Crippen molar-refractivity contribution in [1.29, 1.82) is 0 Å². The van der Waals surface area contributed by atoms with Crippen LogP contribution in [0.15, 0.2) is 4.99 Å². The molecule has 3 unspecified atom stereocenters. The maximum Gasteiger partial charge on any atom is 0.193 e. The molecule has 4 aliphatic rings. The molecule has 23 heavy (non-hydrogen) atoms. The standard InChI is InChI=1S/C17H33N5.HI/c1-4-18-17(22-11-14(2)9-15(3)12-22)19-10-16-13-20-5-7-21(16)8-6-20;/h14-16H,4-13H2,1-3H3,(H,18,19);1H. The molecule has 2 bridgehead atoms. The van der Waals surface area contributed by atoms with Crippen molar-refractivity contribution in [1.82, 2.24) is 20.0 Å². The Hall–Kier alpha value is -0.0800. The van der Waals surface area contributed by atoms with Gasteiger partial charge in [0.15, 0.2) is 5.96 Å². The predicted molar refractivity (Wildman–Crippen MR) is 108 cm³/mol. The molecular formula is C17H34IN5. The highest BCUT2D eigenvalue weighted by atomic mass is 127. The Morgan fingerprint density at radius 1 is 1.04 bits per heavy atom. The molecule has 0 saturated carbocycles. The fourth-order valence-electron chi connectivity index (χ4n) is 4.35. The largest absolute Gasteiger partial charge is 0.357 e. The second kappa shape index (κ2) is 8.85. The van der Waals surface area contributed by atoms with Crippen molar-refractivity contribution in [3.8, 4) is 0 Å². The summed E-state index contributed by atoms with van der Waals surface area (Å²) >= 11 is 0. The van der Waals surface area contributed by atoms with Crippen molar-refractivity contribution in [2.24, 2.45) is 16.8 Å². The molecule has 6 heteroatoms. The Morgan fingerprint density at radius 3 is 2.22 bits per heavy atom. The maximum absolute atomic E-state index is 5.01. The highest BCUT2D eigenvalue weighted by Crippen LogP contribution is 2.21. The van der Waals surface area contributed by atoms with E-state index in [1.54, 1.807) is 0 Å². The molecule has 4 aliphatic heterocycles. The van der Waals surface area contributed by atoms with Crippen LogP contribution in [0.2, 0.25) is 0 Å². The third-order valence-electron chi connectivity index (χ3n) is 5.35. The van der Waals surface area contributed by atoms with Gasteiger partial charge in [-0.1, -0.05) is 13.8 Å². The Balaban J connectivity index is 0.00000192. The van der Waals surface area contributed by atoms with Crippen LogP contribution in [0.4, 0.5) is 0 Å². The molecule has 4 heterocycles. The van der Waals surface area contributed by atoms with Gasteiger partial charge in [0.25, 0.3) is 0 Å². The first kappa shape index (κ1) is 19.2. The van der Waals surface area contributed by atoms with Crippen LogP contribution in [0.25, 0.3) is 0 Å². The molecule has 0 amide bonds. The molecule has 5 nitrogen and oxygen atoms in total. The zero-order chi connectivity index (χ0) is 15.5. The smallest absolute Gasteiger partial charge is 0.193 e. The summed E-state index contributed by atoms with van der Waals surface area (Å²) in [5.41, 5.74) is 0. The van der Waals surface area contributed by atoms with Gasteiger partial charge in [-0.2, -0.15) is 0 Å². The minimum atomic E-state index is 0. The van der Waals surface area contributed by atoms with E-state index in [1.165, 1.54) is 39.1 Å². The minimum absolute atomic E-state index is 0. The van der Waals surface area contributed by atoms with E-state index in [4.69, 9.17) is 4.99 Å². The highest BCUT2D eigenvalue weighted by molar-refractivity contribution is 14.0. The topological polar surface area (TPSA) is 34.1 Å². The molecule has 1 N–H and O–H groups in total. The quantitative estimate of drug-likeness (QED) is 0.415. The van der Waals surface area contributed by atoms with Gasteiger partial charge in [0.05, 0.1) is 6.54 Å². The van der Waals surface area contributed by atoms with Gasteiger partial charge < -0.3 is 10.2 Å². The number of hydrogen-bond acceptors (Lipinski definition) is 3. The van der Waals surface area contributed by atoms with Gasteiger partial charge in [-0.25, -0.2) is 0 Å². The molecule has 0 spiro atoms. The number of halogens is 1. The first-order chi connectivity index (χ1) is 10.7. The molecule has 0 aromatic heterocycles. The molecule has 0 aromatic carbocycles. The van der Waals surface area contributed by atoms with Gasteiger partial charge in [0.1, 0.15) is 0 Å². The number of fused-ring (bicyclic) bond motifs is 3. The van der Waals surface area contributed by atoms with Crippen LogP contribution >= 0.6 is 24.0 Å².